The highest BCUT2D eigenvalue weighted by atomic mass is 16.8. The summed E-state index contributed by atoms with van der Waals surface area (Å²) in [5.41, 5.74) is 0. The van der Waals surface area contributed by atoms with Crippen molar-refractivity contribution in [1.29, 1.82) is 0 Å². The average Bonchev–Trinajstić information content (AvgIpc) is 3.47. The van der Waals surface area contributed by atoms with Crippen molar-refractivity contribution in [2.45, 2.75) is 141 Å². The molecule has 4 saturated heterocycles. The molecule has 28 heteroatoms. The van der Waals surface area contributed by atoms with E-state index in [1.54, 1.807) is 0 Å². The first-order chi connectivity index (χ1) is 27.2. The molecule has 28 nitrogen and oxygen atoms in total. The first kappa shape index (κ1) is 52.7. The lowest BCUT2D eigenvalue weighted by Crippen LogP contribution is -2.64. The fourth-order valence-electron chi connectivity index (χ4n) is 5.82. The number of rotatable bonds is 14. The fraction of sp³-hybridized carbons (Fsp3) is 0.967. The molecule has 0 aromatic rings. The number of aliphatic hydroxyl groups excluding tert-OH is 21. The SMILES string of the molecule is O=C[C@@H](O)[C@@H](O)[C@H](O)[C@H](O)CO.OC[C@H]1O[C@@H](O[C@H]2[C@H](O)[C@@H](O)[C@H](O)O[C@@H]2CO)[C@H](O)[C@@H](O)[C@H]1O.OC[C@H]1O[C@@](CO)(O[C@H]2O[C@H](CO)[C@@H](O)[C@H](O)[C@H]2O)[C@@H](O)[C@@H]1O. The van der Waals surface area contributed by atoms with Crippen LogP contribution in [0.25, 0.3) is 0 Å². The van der Waals surface area contributed by atoms with E-state index in [2.05, 4.69) is 0 Å². The number of ether oxygens (including phenoxy) is 6. The van der Waals surface area contributed by atoms with Gasteiger partial charge in [-0.25, -0.2) is 0 Å². The number of hydrogen-bond acceptors (Lipinski definition) is 28. The van der Waals surface area contributed by atoms with E-state index in [9.17, 15) is 71.2 Å². The zero-order valence-corrected chi connectivity index (χ0v) is 30.3. The fourth-order valence-corrected chi connectivity index (χ4v) is 5.82. The van der Waals surface area contributed by atoms with Crippen molar-refractivity contribution in [1.82, 2.24) is 0 Å². The van der Waals surface area contributed by atoms with Gasteiger partial charge in [0, 0.05) is 0 Å². The summed E-state index contributed by atoms with van der Waals surface area (Å²) >= 11 is 0. The Morgan fingerprint density at radius 1 is 0.534 bits per heavy atom. The van der Waals surface area contributed by atoms with Gasteiger partial charge in [0.2, 0.25) is 5.79 Å². The van der Waals surface area contributed by atoms with E-state index >= 15 is 0 Å². The molecule has 0 radical (unpaired) electrons. The van der Waals surface area contributed by atoms with Crippen molar-refractivity contribution in [3.63, 3.8) is 0 Å². The topological polar surface area (TPSA) is 497 Å². The van der Waals surface area contributed by atoms with Crippen LogP contribution >= 0.6 is 0 Å². The maximum atomic E-state index is 10.00. The Balaban J connectivity index is 0.000000317. The van der Waals surface area contributed by atoms with Crippen molar-refractivity contribution >= 4 is 6.29 Å². The van der Waals surface area contributed by atoms with Crippen LogP contribution in [0.1, 0.15) is 0 Å². The van der Waals surface area contributed by atoms with Crippen LogP contribution in [0, 0.1) is 0 Å². The highest BCUT2D eigenvalue weighted by Gasteiger charge is 2.58. The third kappa shape index (κ3) is 12.2. The molecule has 0 amide bonds. The van der Waals surface area contributed by atoms with Gasteiger partial charge < -0.3 is 140 Å². The Hall–Kier alpha value is -1.41. The molecule has 0 aromatic carbocycles. The molecule has 344 valence electrons. The minimum atomic E-state index is -2.22. The highest BCUT2D eigenvalue weighted by molar-refractivity contribution is 5.56. The van der Waals surface area contributed by atoms with Gasteiger partial charge in [-0.1, -0.05) is 0 Å². The Morgan fingerprint density at radius 2 is 1.02 bits per heavy atom. The third-order valence-electron chi connectivity index (χ3n) is 9.47. The standard InChI is InChI=1S/2C12H22O11.C6H12O6/c13-1-4-6(16)8(18)9(19)11(21-4)23-12(3-15)10(20)7(17)5(2-14)22-12;13-1-3-5(15)6(16)9(19)12(22-3)23-10-4(2-14)21-11(20)8(18)7(10)17;7-1-3(9)5(11)6(12)4(10)2-8/h4-11,13-20H,1-3H2;3-20H,1-2H2;1,3-6,8-12H,2H2/t4-,5-,6-,7-,8+,9-,10+,11-,12+;3-,4-,5+,6+,7-,8-,9-,10-,11-,12+;3-,4-,5-,6-/m111/s1. The highest BCUT2D eigenvalue weighted by Crippen LogP contribution is 2.36. The van der Waals surface area contributed by atoms with E-state index in [0.717, 1.165) is 0 Å². The predicted octanol–water partition coefficient (Wildman–Crippen LogP) is -14.2. The van der Waals surface area contributed by atoms with Crippen LogP contribution in [0.15, 0.2) is 0 Å². The molecule has 0 saturated carbocycles. The molecule has 4 aliphatic heterocycles. The Bertz CT molecular complexity index is 1170. The monoisotopic (exact) mass is 864 g/mol. The van der Waals surface area contributed by atoms with Crippen molar-refractivity contribution in [2.24, 2.45) is 0 Å². The predicted molar refractivity (Wildman–Crippen MR) is 174 cm³/mol. The molecule has 58 heavy (non-hydrogen) atoms. The molecule has 0 unspecified atom stereocenters. The van der Waals surface area contributed by atoms with E-state index in [1.807, 2.05) is 0 Å². The third-order valence-corrected chi connectivity index (χ3v) is 9.47. The van der Waals surface area contributed by atoms with Gasteiger partial charge in [-0.3, -0.25) is 0 Å². The molecule has 4 fully saturated rings. The van der Waals surface area contributed by atoms with E-state index in [-0.39, 0.29) is 6.29 Å². The smallest absolute Gasteiger partial charge is 0.224 e. The van der Waals surface area contributed by atoms with Crippen LogP contribution in [0.5, 0.6) is 0 Å². The van der Waals surface area contributed by atoms with Gasteiger partial charge in [0.15, 0.2) is 25.2 Å². The Kier molecular flexibility index (Phi) is 21.6. The van der Waals surface area contributed by atoms with Crippen molar-refractivity contribution in [3.05, 3.63) is 0 Å². The quantitative estimate of drug-likeness (QED) is 0.0721. The molecule has 4 rings (SSSR count). The number of hydrogen-bond donors (Lipinski definition) is 21. The lowest BCUT2D eigenvalue weighted by molar-refractivity contribution is -0.383. The second-order valence-electron chi connectivity index (χ2n) is 13.4. The Labute approximate surface area is 327 Å². The second kappa shape index (κ2) is 23.7. The minimum absolute atomic E-state index is 0.0258. The first-order valence-corrected chi connectivity index (χ1v) is 17.5. The number of aliphatic hydroxyl groups is 21. The van der Waals surface area contributed by atoms with E-state index < -0.39 is 180 Å². The van der Waals surface area contributed by atoms with E-state index in [1.165, 1.54) is 0 Å². The van der Waals surface area contributed by atoms with Crippen molar-refractivity contribution in [2.75, 3.05) is 39.6 Å². The van der Waals surface area contributed by atoms with Crippen LogP contribution in [0.4, 0.5) is 0 Å². The molecule has 4 heterocycles. The summed E-state index contributed by atoms with van der Waals surface area (Å²) in [6, 6.07) is 0. The van der Waals surface area contributed by atoms with E-state index in [0.29, 0.717) is 0 Å². The lowest BCUT2D eigenvalue weighted by Gasteiger charge is -2.45. The van der Waals surface area contributed by atoms with E-state index in [4.69, 9.17) is 69.3 Å². The van der Waals surface area contributed by atoms with Crippen LogP contribution in [0.2, 0.25) is 0 Å². The maximum Gasteiger partial charge on any atom is 0.224 e. The summed E-state index contributed by atoms with van der Waals surface area (Å²) in [6.07, 6.45) is -35.1. The molecule has 21 N–H and O–H groups in total. The molecular formula is C30H56O28. The zero-order valence-electron chi connectivity index (χ0n) is 30.3. The van der Waals surface area contributed by atoms with Crippen LogP contribution in [0.3, 0.4) is 0 Å². The Morgan fingerprint density at radius 3 is 1.45 bits per heavy atom. The summed E-state index contributed by atoms with van der Waals surface area (Å²) in [7, 11) is 0. The normalized spacial score (nSPS) is 45.1. The first-order valence-electron chi connectivity index (χ1n) is 17.5. The molecule has 0 aliphatic carbocycles. The molecule has 4 aliphatic rings. The zero-order chi connectivity index (χ0) is 44.4. The van der Waals surface area contributed by atoms with Gasteiger partial charge in [-0.05, 0) is 0 Å². The van der Waals surface area contributed by atoms with Gasteiger partial charge >= 0.3 is 0 Å². The summed E-state index contributed by atoms with van der Waals surface area (Å²) in [4.78, 5) is 9.90. The second-order valence-corrected chi connectivity index (χ2v) is 13.4. The summed E-state index contributed by atoms with van der Waals surface area (Å²) in [6.45, 7) is -4.43. The summed E-state index contributed by atoms with van der Waals surface area (Å²) in [5, 5.41) is 197. The maximum absolute atomic E-state index is 10.00. The van der Waals surface area contributed by atoms with Crippen LogP contribution in [-0.2, 0) is 33.2 Å². The molecule has 0 spiro atoms. The average molecular weight is 865 g/mol. The number of carbonyl (C=O) groups excluding carboxylic acids is 1. The van der Waals surface area contributed by atoms with Crippen LogP contribution < -0.4 is 0 Å². The summed E-state index contributed by atoms with van der Waals surface area (Å²) in [5.74, 6) is -2.22. The van der Waals surface area contributed by atoms with Crippen LogP contribution in [-0.4, -0.2) is 294 Å². The number of carbonyl (C=O) groups is 1. The number of aldehydes is 1. The molecule has 0 aromatic heterocycles. The van der Waals surface area contributed by atoms with Gasteiger partial charge in [0.25, 0.3) is 0 Å². The van der Waals surface area contributed by atoms with Gasteiger partial charge in [0.05, 0.1) is 33.0 Å². The van der Waals surface area contributed by atoms with Gasteiger partial charge in [-0.15, -0.1) is 0 Å². The van der Waals surface area contributed by atoms with Crippen molar-refractivity contribution < 1.29 is 140 Å². The van der Waals surface area contributed by atoms with Gasteiger partial charge in [-0.2, -0.15) is 0 Å². The van der Waals surface area contributed by atoms with Crippen molar-refractivity contribution in [3.8, 4) is 0 Å². The largest absolute Gasteiger partial charge is 0.394 e. The summed E-state index contributed by atoms with van der Waals surface area (Å²) < 4.78 is 30.7. The minimum Gasteiger partial charge on any atom is -0.394 e. The molecule has 0 bridgehead atoms. The lowest BCUT2D eigenvalue weighted by atomic mass is 9.97. The molecule has 23 atom stereocenters. The van der Waals surface area contributed by atoms with Gasteiger partial charge in [0.1, 0.15) is 123 Å². The molecular weight excluding hydrogens is 808 g/mol.